The maximum Gasteiger partial charge on any atom is 0.178 e. The van der Waals surface area contributed by atoms with Gasteiger partial charge in [-0.15, -0.1) is 0 Å². The Morgan fingerprint density at radius 1 is 1.11 bits per heavy atom. The van der Waals surface area contributed by atoms with Gasteiger partial charge < -0.3 is 10.7 Å². The van der Waals surface area contributed by atoms with Crippen LogP contribution in [0.1, 0.15) is 18.5 Å². The number of aromatic nitrogens is 1. The molecule has 0 aliphatic carbocycles. The quantitative estimate of drug-likeness (QED) is 0.587. The first-order valence-corrected chi connectivity index (χ1v) is 5.76. The molecule has 0 radical (unpaired) electrons. The van der Waals surface area contributed by atoms with Crippen LogP contribution < -0.4 is 16.6 Å². The van der Waals surface area contributed by atoms with Gasteiger partial charge in [-0.2, -0.15) is 0 Å². The van der Waals surface area contributed by atoms with Gasteiger partial charge in [-0.25, -0.2) is 19.6 Å². The van der Waals surface area contributed by atoms with Crippen LogP contribution in [0, 0.1) is 11.6 Å². The number of nitrogens with zero attached hydrogens (tertiary/aromatic N) is 1. The van der Waals surface area contributed by atoms with Gasteiger partial charge >= 0.3 is 0 Å². The van der Waals surface area contributed by atoms with Crippen molar-refractivity contribution in [3.05, 3.63) is 53.6 Å². The Hall–Kier alpha value is -2.21. The summed E-state index contributed by atoms with van der Waals surface area (Å²) < 4.78 is 26.8. The molecule has 100 valence electrons. The van der Waals surface area contributed by atoms with E-state index in [1.54, 1.807) is 0 Å². The number of hydrazine groups is 1. The number of rotatable bonds is 4. The Labute approximate surface area is 109 Å². The fourth-order valence-corrected chi connectivity index (χ4v) is 1.70. The van der Waals surface area contributed by atoms with Crippen LogP contribution in [0.5, 0.6) is 0 Å². The fraction of sp³-hybridized carbons (Fsp3) is 0.154. The lowest BCUT2D eigenvalue weighted by molar-refractivity contribution is 0.576. The maximum absolute atomic E-state index is 13.6. The number of halogens is 2. The summed E-state index contributed by atoms with van der Waals surface area (Å²) in [7, 11) is 0. The van der Waals surface area contributed by atoms with Gasteiger partial charge in [0.05, 0.1) is 6.04 Å². The first-order chi connectivity index (χ1) is 9.11. The number of benzene rings is 1. The summed E-state index contributed by atoms with van der Waals surface area (Å²) in [4.78, 5) is 3.76. The summed E-state index contributed by atoms with van der Waals surface area (Å²) in [6.45, 7) is 1.86. The van der Waals surface area contributed by atoms with Gasteiger partial charge in [0.2, 0.25) is 0 Å². The summed E-state index contributed by atoms with van der Waals surface area (Å²) >= 11 is 0. The highest BCUT2D eigenvalue weighted by Gasteiger charge is 2.13. The molecule has 0 saturated heterocycles. The molecule has 2 rings (SSSR count). The predicted molar refractivity (Wildman–Crippen MR) is 70.4 cm³/mol. The second-order valence-electron chi connectivity index (χ2n) is 4.07. The molecule has 4 nitrogen and oxygen atoms in total. The van der Waals surface area contributed by atoms with Crippen molar-refractivity contribution in [2.75, 3.05) is 10.7 Å². The lowest BCUT2D eigenvalue weighted by Gasteiger charge is -2.16. The fourth-order valence-electron chi connectivity index (χ4n) is 1.70. The standard InChI is InChI=1S/C13H14F2N4/c1-8(9-5-3-2-4-6-9)17-12-10(14)7-11(15)13(18-12)19-16/h2-8H,16H2,1H3,(H2,17,18,19). The van der Waals surface area contributed by atoms with E-state index in [2.05, 4.69) is 15.7 Å². The lowest BCUT2D eigenvalue weighted by Crippen LogP contribution is -2.14. The summed E-state index contributed by atoms with van der Waals surface area (Å²) in [6, 6.07) is 10.0. The van der Waals surface area contributed by atoms with Crippen LogP contribution in [-0.4, -0.2) is 4.98 Å². The Bertz CT molecular complexity index is 560. The van der Waals surface area contributed by atoms with E-state index in [4.69, 9.17) is 5.84 Å². The summed E-state index contributed by atoms with van der Waals surface area (Å²) in [6.07, 6.45) is 0. The topological polar surface area (TPSA) is 63.0 Å². The molecule has 0 amide bonds. The van der Waals surface area contributed by atoms with Crippen molar-refractivity contribution in [3.63, 3.8) is 0 Å². The second kappa shape index (κ2) is 5.62. The van der Waals surface area contributed by atoms with Crippen LogP contribution in [0.15, 0.2) is 36.4 Å². The van der Waals surface area contributed by atoms with Crippen LogP contribution in [-0.2, 0) is 0 Å². The van der Waals surface area contributed by atoms with Gasteiger partial charge in [0.1, 0.15) is 0 Å². The first-order valence-electron chi connectivity index (χ1n) is 5.76. The van der Waals surface area contributed by atoms with E-state index in [9.17, 15) is 8.78 Å². The zero-order chi connectivity index (χ0) is 13.8. The molecular weight excluding hydrogens is 250 g/mol. The molecule has 0 bridgehead atoms. The molecule has 4 N–H and O–H groups in total. The predicted octanol–water partition coefficient (Wildman–Crippen LogP) is 2.82. The highest BCUT2D eigenvalue weighted by Crippen LogP contribution is 2.23. The number of anilines is 2. The molecular formula is C13H14F2N4. The largest absolute Gasteiger partial charge is 0.361 e. The Morgan fingerprint density at radius 3 is 2.37 bits per heavy atom. The molecule has 1 aromatic carbocycles. The van der Waals surface area contributed by atoms with Gasteiger partial charge in [0.15, 0.2) is 23.3 Å². The molecule has 0 saturated carbocycles. The van der Waals surface area contributed by atoms with E-state index in [1.807, 2.05) is 37.3 Å². The van der Waals surface area contributed by atoms with Crippen LogP contribution in [0.3, 0.4) is 0 Å². The number of nitrogens with one attached hydrogen (secondary N) is 2. The second-order valence-corrected chi connectivity index (χ2v) is 4.07. The van der Waals surface area contributed by atoms with Crippen molar-refractivity contribution in [1.29, 1.82) is 0 Å². The van der Waals surface area contributed by atoms with Gasteiger partial charge in [0, 0.05) is 6.07 Å². The average molecular weight is 264 g/mol. The van der Waals surface area contributed by atoms with E-state index < -0.39 is 11.6 Å². The van der Waals surface area contributed by atoms with Crippen LogP contribution in [0.4, 0.5) is 20.4 Å². The van der Waals surface area contributed by atoms with Crippen LogP contribution in [0.2, 0.25) is 0 Å². The van der Waals surface area contributed by atoms with Crippen LogP contribution in [0.25, 0.3) is 0 Å². The van der Waals surface area contributed by atoms with E-state index in [-0.39, 0.29) is 17.7 Å². The molecule has 0 aliphatic rings. The van der Waals surface area contributed by atoms with Gasteiger partial charge in [-0.1, -0.05) is 30.3 Å². The molecule has 0 fully saturated rings. The third kappa shape index (κ3) is 2.97. The maximum atomic E-state index is 13.6. The van der Waals surface area contributed by atoms with Crippen molar-refractivity contribution in [1.82, 2.24) is 4.98 Å². The third-order valence-corrected chi connectivity index (χ3v) is 2.72. The van der Waals surface area contributed by atoms with Crippen molar-refractivity contribution in [2.24, 2.45) is 5.84 Å². The molecule has 0 aliphatic heterocycles. The summed E-state index contributed by atoms with van der Waals surface area (Å²) in [5, 5.41) is 2.88. The highest BCUT2D eigenvalue weighted by atomic mass is 19.1. The summed E-state index contributed by atoms with van der Waals surface area (Å²) in [5.74, 6) is 3.25. The molecule has 19 heavy (non-hydrogen) atoms. The Morgan fingerprint density at radius 2 is 1.74 bits per heavy atom. The Kier molecular flexibility index (Phi) is 3.91. The van der Waals surface area contributed by atoms with Crippen molar-refractivity contribution in [3.8, 4) is 0 Å². The number of nitrogens with two attached hydrogens (primary N) is 1. The molecule has 1 atom stereocenters. The molecule has 0 spiro atoms. The minimum absolute atomic E-state index is 0.0503. The normalized spacial score (nSPS) is 12.0. The van der Waals surface area contributed by atoms with Gasteiger partial charge in [-0.3, -0.25) is 0 Å². The highest BCUT2D eigenvalue weighted by molar-refractivity contribution is 5.48. The average Bonchev–Trinajstić information content (AvgIpc) is 2.42. The smallest absolute Gasteiger partial charge is 0.178 e. The van der Waals surface area contributed by atoms with Gasteiger partial charge in [0.25, 0.3) is 0 Å². The first kappa shape index (κ1) is 13.2. The minimum atomic E-state index is -0.835. The number of pyridine rings is 1. The summed E-state index contributed by atoms with van der Waals surface area (Å²) in [5.41, 5.74) is 3.05. The van der Waals surface area contributed by atoms with E-state index in [1.165, 1.54) is 0 Å². The van der Waals surface area contributed by atoms with Crippen molar-refractivity contribution >= 4 is 11.6 Å². The van der Waals surface area contributed by atoms with Crippen molar-refractivity contribution < 1.29 is 8.78 Å². The van der Waals surface area contributed by atoms with Crippen LogP contribution >= 0.6 is 0 Å². The zero-order valence-corrected chi connectivity index (χ0v) is 10.3. The molecule has 1 aromatic heterocycles. The molecule has 2 aromatic rings. The number of hydrogen-bond acceptors (Lipinski definition) is 4. The monoisotopic (exact) mass is 264 g/mol. The number of nitrogen functional groups attached to an aromatic ring is 1. The zero-order valence-electron chi connectivity index (χ0n) is 10.3. The minimum Gasteiger partial charge on any atom is -0.361 e. The van der Waals surface area contributed by atoms with Crippen molar-refractivity contribution in [2.45, 2.75) is 13.0 Å². The van der Waals surface area contributed by atoms with E-state index in [0.29, 0.717) is 0 Å². The molecule has 6 heteroatoms. The molecule has 1 unspecified atom stereocenters. The molecule has 1 heterocycles. The SMILES string of the molecule is CC(Nc1nc(NN)c(F)cc1F)c1ccccc1. The van der Waals surface area contributed by atoms with E-state index >= 15 is 0 Å². The lowest BCUT2D eigenvalue weighted by atomic mass is 10.1. The third-order valence-electron chi connectivity index (χ3n) is 2.72. The number of hydrogen-bond donors (Lipinski definition) is 3. The van der Waals surface area contributed by atoms with E-state index in [0.717, 1.165) is 11.6 Å². The Balaban J connectivity index is 2.24. The van der Waals surface area contributed by atoms with Gasteiger partial charge in [-0.05, 0) is 12.5 Å².